The lowest BCUT2D eigenvalue weighted by atomic mass is 10.2. The second-order valence-electron chi connectivity index (χ2n) is 5.48. The first-order valence-corrected chi connectivity index (χ1v) is 8.99. The van der Waals surface area contributed by atoms with Crippen LogP contribution in [0.5, 0.6) is 0 Å². The van der Waals surface area contributed by atoms with Gasteiger partial charge in [-0.3, -0.25) is 14.9 Å². The number of halogens is 1. The molecule has 0 bridgehead atoms. The maximum absolute atomic E-state index is 12.1. The van der Waals surface area contributed by atoms with Gasteiger partial charge in [0.1, 0.15) is 5.37 Å². The van der Waals surface area contributed by atoms with Gasteiger partial charge < -0.3 is 9.80 Å². The Balaban J connectivity index is 0.00000288. The van der Waals surface area contributed by atoms with E-state index in [1.807, 2.05) is 11.0 Å². The fourth-order valence-corrected chi connectivity index (χ4v) is 3.98. The highest BCUT2D eigenvalue weighted by Gasteiger charge is 2.33. The summed E-state index contributed by atoms with van der Waals surface area (Å²) in [5, 5.41) is 10.8. The van der Waals surface area contributed by atoms with Crippen molar-refractivity contribution in [2.75, 3.05) is 31.9 Å². The molecule has 6 nitrogen and oxygen atoms in total. The van der Waals surface area contributed by atoms with Crippen LogP contribution >= 0.6 is 24.2 Å². The minimum atomic E-state index is -0.393. The Hall–Kier alpha value is -1.31. The first-order chi connectivity index (χ1) is 11.1. The summed E-state index contributed by atoms with van der Waals surface area (Å²) in [6.45, 7) is 7.93. The highest BCUT2D eigenvalue weighted by molar-refractivity contribution is 8.00. The Morgan fingerprint density at radius 1 is 1.38 bits per heavy atom. The van der Waals surface area contributed by atoms with Crippen LogP contribution in [-0.2, 0) is 4.79 Å². The second-order valence-corrected chi connectivity index (χ2v) is 6.55. The molecule has 1 saturated heterocycles. The van der Waals surface area contributed by atoms with Crippen LogP contribution < -0.4 is 0 Å². The van der Waals surface area contributed by atoms with Gasteiger partial charge in [0.15, 0.2) is 0 Å². The smallest absolute Gasteiger partial charge is 0.269 e. The number of nitro benzene ring substituents is 1. The van der Waals surface area contributed by atoms with Gasteiger partial charge in [-0.2, -0.15) is 0 Å². The van der Waals surface area contributed by atoms with Gasteiger partial charge >= 0.3 is 0 Å². The fraction of sp³-hybridized carbons (Fsp3) is 0.562. The molecule has 1 fully saturated rings. The number of nitrogens with zero attached hydrogens (tertiary/aromatic N) is 3. The SMILES string of the molecule is CCN(CC)CCCN1C(=O)CSC1c1cccc([N+](=O)[O-])c1.Cl. The van der Waals surface area contributed by atoms with Crippen molar-refractivity contribution in [2.24, 2.45) is 0 Å². The van der Waals surface area contributed by atoms with Crippen molar-refractivity contribution in [3.8, 4) is 0 Å². The third-order valence-electron chi connectivity index (χ3n) is 4.10. The Bertz CT molecular complexity index is 569. The Labute approximate surface area is 153 Å². The molecule has 1 aliphatic rings. The molecule has 2 rings (SSSR count). The molecular formula is C16H24ClN3O3S. The predicted molar refractivity (Wildman–Crippen MR) is 99.7 cm³/mol. The molecule has 0 aromatic heterocycles. The van der Waals surface area contributed by atoms with Gasteiger partial charge in [-0.25, -0.2) is 0 Å². The normalized spacial score (nSPS) is 17.2. The number of amides is 1. The molecule has 1 unspecified atom stereocenters. The highest BCUT2D eigenvalue weighted by Crippen LogP contribution is 2.39. The quantitative estimate of drug-likeness (QED) is 0.516. The molecular weight excluding hydrogens is 350 g/mol. The van der Waals surface area contributed by atoms with Crippen LogP contribution in [0.4, 0.5) is 5.69 Å². The molecule has 24 heavy (non-hydrogen) atoms. The molecule has 1 aromatic rings. The average molecular weight is 374 g/mol. The van der Waals surface area contributed by atoms with Gasteiger partial charge in [0.25, 0.3) is 5.69 Å². The van der Waals surface area contributed by atoms with Crippen LogP contribution in [0.2, 0.25) is 0 Å². The predicted octanol–water partition coefficient (Wildman–Crippen LogP) is 3.32. The molecule has 1 atom stereocenters. The van der Waals surface area contributed by atoms with Crippen LogP contribution in [0, 0.1) is 10.1 Å². The van der Waals surface area contributed by atoms with Crippen molar-refractivity contribution in [3.63, 3.8) is 0 Å². The van der Waals surface area contributed by atoms with Crippen LogP contribution in [0.1, 0.15) is 31.2 Å². The summed E-state index contributed by atoms with van der Waals surface area (Å²) in [5.41, 5.74) is 0.906. The van der Waals surface area contributed by atoms with Gasteiger partial charge in [0.2, 0.25) is 5.91 Å². The van der Waals surface area contributed by atoms with Gasteiger partial charge in [-0.1, -0.05) is 26.0 Å². The maximum Gasteiger partial charge on any atom is 0.269 e. The van der Waals surface area contributed by atoms with Gasteiger partial charge in [0, 0.05) is 18.7 Å². The molecule has 8 heteroatoms. The topological polar surface area (TPSA) is 66.7 Å². The fourth-order valence-electron chi connectivity index (χ4n) is 2.77. The monoisotopic (exact) mass is 373 g/mol. The molecule has 0 radical (unpaired) electrons. The zero-order chi connectivity index (χ0) is 16.8. The van der Waals surface area contributed by atoms with Gasteiger partial charge in [-0.05, 0) is 31.6 Å². The molecule has 0 aliphatic carbocycles. The summed E-state index contributed by atoms with van der Waals surface area (Å²) in [5.74, 6) is 0.560. The van der Waals surface area contributed by atoms with Crippen molar-refractivity contribution in [1.29, 1.82) is 0 Å². The van der Waals surface area contributed by atoms with E-state index in [1.165, 1.54) is 6.07 Å². The van der Waals surface area contributed by atoms with E-state index in [1.54, 1.807) is 23.9 Å². The summed E-state index contributed by atoms with van der Waals surface area (Å²) < 4.78 is 0. The van der Waals surface area contributed by atoms with Gasteiger partial charge in [0.05, 0.1) is 10.7 Å². The number of nitro groups is 1. The zero-order valence-corrected chi connectivity index (χ0v) is 15.6. The second kappa shape index (κ2) is 9.86. The zero-order valence-electron chi connectivity index (χ0n) is 14.0. The lowest BCUT2D eigenvalue weighted by molar-refractivity contribution is -0.384. The molecule has 1 amide bonds. The number of rotatable bonds is 8. The van der Waals surface area contributed by atoms with Crippen molar-refractivity contribution < 1.29 is 9.72 Å². The van der Waals surface area contributed by atoms with E-state index in [-0.39, 0.29) is 29.4 Å². The summed E-state index contributed by atoms with van der Waals surface area (Å²) in [7, 11) is 0. The molecule has 0 saturated carbocycles. The van der Waals surface area contributed by atoms with Gasteiger partial charge in [-0.15, -0.1) is 24.2 Å². The number of thioether (sulfide) groups is 1. The summed E-state index contributed by atoms with van der Waals surface area (Å²) in [4.78, 5) is 26.9. The van der Waals surface area contributed by atoms with E-state index in [4.69, 9.17) is 0 Å². The third kappa shape index (κ3) is 5.09. The number of hydrogen-bond acceptors (Lipinski definition) is 5. The van der Waals surface area contributed by atoms with E-state index in [0.717, 1.165) is 31.6 Å². The maximum atomic E-state index is 12.1. The molecule has 1 heterocycles. The average Bonchev–Trinajstić information content (AvgIpc) is 2.92. The van der Waals surface area contributed by atoms with E-state index < -0.39 is 4.92 Å². The van der Waals surface area contributed by atoms with E-state index in [9.17, 15) is 14.9 Å². The Kier molecular flexibility index (Phi) is 8.52. The number of non-ortho nitro benzene ring substituents is 1. The lowest BCUT2D eigenvalue weighted by Gasteiger charge is -2.26. The summed E-state index contributed by atoms with van der Waals surface area (Å²) in [6, 6.07) is 6.61. The molecule has 1 aromatic carbocycles. The first-order valence-electron chi connectivity index (χ1n) is 7.94. The van der Waals surface area contributed by atoms with Crippen molar-refractivity contribution in [3.05, 3.63) is 39.9 Å². The minimum Gasteiger partial charge on any atom is -0.326 e. The first kappa shape index (κ1) is 20.7. The largest absolute Gasteiger partial charge is 0.326 e. The van der Waals surface area contributed by atoms with E-state index in [0.29, 0.717) is 12.3 Å². The Morgan fingerprint density at radius 3 is 2.71 bits per heavy atom. The number of carbonyl (C=O) groups excluding carboxylic acids is 1. The number of carbonyl (C=O) groups is 1. The lowest BCUT2D eigenvalue weighted by Crippen LogP contribution is -2.32. The molecule has 0 spiro atoms. The van der Waals surface area contributed by atoms with Crippen LogP contribution in [-0.4, -0.2) is 52.6 Å². The Morgan fingerprint density at radius 2 is 2.08 bits per heavy atom. The molecule has 0 N–H and O–H groups in total. The van der Waals surface area contributed by atoms with Crippen LogP contribution in [0.15, 0.2) is 24.3 Å². The third-order valence-corrected chi connectivity index (χ3v) is 5.36. The highest BCUT2D eigenvalue weighted by atomic mass is 35.5. The van der Waals surface area contributed by atoms with Crippen molar-refractivity contribution >= 4 is 35.8 Å². The van der Waals surface area contributed by atoms with Crippen molar-refractivity contribution in [1.82, 2.24) is 9.80 Å². The van der Waals surface area contributed by atoms with Crippen LogP contribution in [0.25, 0.3) is 0 Å². The van der Waals surface area contributed by atoms with Crippen molar-refractivity contribution in [2.45, 2.75) is 25.6 Å². The molecule has 1 aliphatic heterocycles. The van der Waals surface area contributed by atoms with E-state index >= 15 is 0 Å². The summed E-state index contributed by atoms with van der Waals surface area (Å²) in [6.07, 6.45) is 0.916. The minimum absolute atomic E-state index is 0. The summed E-state index contributed by atoms with van der Waals surface area (Å²) >= 11 is 1.54. The number of hydrogen-bond donors (Lipinski definition) is 0. The molecule has 134 valence electrons. The number of benzene rings is 1. The standard InChI is InChI=1S/C16H23N3O3S.ClH/c1-3-17(4-2)9-6-10-18-15(20)12-23-16(18)13-7-5-8-14(11-13)19(21)22;/h5,7-8,11,16H,3-4,6,9-10,12H2,1-2H3;1H. The van der Waals surface area contributed by atoms with Crippen LogP contribution in [0.3, 0.4) is 0 Å². The van der Waals surface area contributed by atoms with E-state index in [2.05, 4.69) is 18.7 Å².